The van der Waals surface area contributed by atoms with Gasteiger partial charge < -0.3 is 19.9 Å². The molecule has 4 aromatic rings. The lowest BCUT2D eigenvalue weighted by Crippen LogP contribution is -2.39. The zero-order chi connectivity index (χ0) is 21.5. The lowest BCUT2D eigenvalue weighted by Gasteiger charge is -2.23. The molecule has 30 heavy (non-hydrogen) atoms. The van der Waals surface area contributed by atoms with E-state index in [-0.39, 0.29) is 5.91 Å². The standard InChI is InChI=1S/C21H22ClN5O2S/c1-21(2,29-4)11-23-18(28)12-5-8-16-15(9-12)24-19(27(16)3)26-20-25-14-7-6-13(22)10-17(14)30-20/h5-10H,11H2,1-4H3,(H,23,28)(H,24,25,26). The Morgan fingerprint density at radius 2 is 2.00 bits per heavy atom. The summed E-state index contributed by atoms with van der Waals surface area (Å²) in [6.07, 6.45) is 0. The van der Waals surface area contributed by atoms with Gasteiger partial charge in [0, 0.05) is 31.3 Å². The van der Waals surface area contributed by atoms with Crippen LogP contribution in [0.3, 0.4) is 0 Å². The fourth-order valence-electron chi connectivity index (χ4n) is 2.97. The number of benzene rings is 2. The molecule has 0 fully saturated rings. The molecule has 0 bridgehead atoms. The third-order valence-corrected chi connectivity index (χ3v) is 6.11. The van der Waals surface area contributed by atoms with Crippen molar-refractivity contribution >= 4 is 61.2 Å². The molecule has 1 amide bonds. The average molecular weight is 444 g/mol. The van der Waals surface area contributed by atoms with E-state index in [9.17, 15) is 4.79 Å². The van der Waals surface area contributed by atoms with Gasteiger partial charge in [-0.05, 0) is 50.2 Å². The summed E-state index contributed by atoms with van der Waals surface area (Å²) >= 11 is 7.57. The second kappa shape index (κ2) is 7.86. The predicted molar refractivity (Wildman–Crippen MR) is 122 cm³/mol. The van der Waals surface area contributed by atoms with Gasteiger partial charge in [0.15, 0.2) is 5.13 Å². The smallest absolute Gasteiger partial charge is 0.251 e. The first-order chi connectivity index (χ1) is 14.3. The lowest BCUT2D eigenvalue weighted by molar-refractivity contribution is 0.0229. The number of ether oxygens (including phenoxy) is 1. The number of imidazole rings is 1. The van der Waals surface area contributed by atoms with Crippen LogP contribution in [0.15, 0.2) is 36.4 Å². The van der Waals surface area contributed by atoms with Gasteiger partial charge in [0.05, 0.1) is 26.9 Å². The molecule has 2 N–H and O–H groups in total. The number of hydrogen-bond donors (Lipinski definition) is 2. The van der Waals surface area contributed by atoms with E-state index in [4.69, 9.17) is 16.3 Å². The number of nitrogens with zero attached hydrogens (tertiary/aromatic N) is 3. The Bertz CT molecular complexity index is 1250. The van der Waals surface area contributed by atoms with Gasteiger partial charge in [-0.15, -0.1) is 0 Å². The Morgan fingerprint density at radius 1 is 1.20 bits per heavy atom. The minimum Gasteiger partial charge on any atom is -0.377 e. The number of halogens is 1. The monoisotopic (exact) mass is 443 g/mol. The van der Waals surface area contributed by atoms with Crippen molar-refractivity contribution < 1.29 is 9.53 Å². The highest BCUT2D eigenvalue weighted by molar-refractivity contribution is 7.22. The van der Waals surface area contributed by atoms with Crippen molar-refractivity contribution in [2.75, 3.05) is 19.0 Å². The minimum atomic E-state index is -0.427. The molecular weight excluding hydrogens is 422 g/mol. The van der Waals surface area contributed by atoms with Crippen LogP contribution in [0.25, 0.3) is 21.3 Å². The van der Waals surface area contributed by atoms with Crippen molar-refractivity contribution in [3.63, 3.8) is 0 Å². The van der Waals surface area contributed by atoms with E-state index in [2.05, 4.69) is 20.6 Å². The fourth-order valence-corrected chi connectivity index (χ4v) is 4.10. The number of carbonyl (C=O) groups excluding carboxylic acids is 1. The fraction of sp³-hybridized carbons (Fsp3) is 0.286. The summed E-state index contributed by atoms with van der Waals surface area (Å²) in [5, 5.41) is 7.58. The summed E-state index contributed by atoms with van der Waals surface area (Å²) in [6.45, 7) is 4.25. The number of anilines is 2. The first-order valence-electron chi connectivity index (χ1n) is 9.39. The summed E-state index contributed by atoms with van der Waals surface area (Å²) in [7, 11) is 3.55. The molecule has 4 rings (SSSR count). The molecule has 0 aliphatic rings. The van der Waals surface area contributed by atoms with Gasteiger partial charge >= 0.3 is 0 Å². The average Bonchev–Trinajstić information content (AvgIpc) is 3.26. The number of hydrogen-bond acceptors (Lipinski definition) is 6. The van der Waals surface area contributed by atoms with Crippen LogP contribution in [0.4, 0.5) is 11.1 Å². The first kappa shape index (κ1) is 20.6. The molecular formula is C21H22ClN5O2S. The van der Waals surface area contributed by atoms with E-state index in [1.54, 1.807) is 19.2 Å². The number of aromatic nitrogens is 3. The summed E-state index contributed by atoms with van der Waals surface area (Å²) in [6, 6.07) is 11.1. The topological polar surface area (TPSA) is 81.1 Å². The van der Waals surface area contributed by atoms with Gasteiger partial charge in [0.1, 0.15) is 0 Å². The highest BCUT2D eigenvalue weighted by atomic mass is 35.5. The highest BCUT2D eigenvalue weighted by Crippen LogP contribution is 2.31. The maximum atomic E-state index is 12.5. The largest absolute Gasteiger partial charge is 0.377 e. The SMILES string of the molecule is COC(C)(C)CNC(=O)c1ccc2c(c1)nc(Nc1nc3ccc(Cl)cc3s1)n2C. The molecule has 0 saturated carbocycles. The summed E-state index contributed by atoms with van der Waals surface area (Å²) < 4.78 is 8.28. The second-order valence-corrected chi connectivity index (χ2v) is 9.07. The van der Waals surface area contributed by atoms with E-state index in [1.165, 1.54) is 11.3 Å². The number of rotatable bonds is 6. The first-order valence-corrected chi connectivity index (χ1v) is 10.6. The lowest BCUT2D eigenvalue weighted by atomic mass is 10.1. The quantitative estimate of drug-likeness (QED) is 0.450. The van der Waals surface area contributed by atoms with Crippen LogP contribution in [0.2, 0.25) is 5.02 Å². The van der Waals surface area contributed by atoms with Gasteiger partial charge in [-0.2, -0.15) is 0 Å². The van der Waals surface area contributed by atoms with Crippen LogP contribution < -0.4 is 10.6 Å². The van der Waals surface area contributed by atoms with Crippen molar-refractivity contribution in [2.24, 2.45) is 7.05 Å². The molecule has 9 heteroatoms. The summed E-state index contributed by atoms with van der Waals surface area (Å²) in [5.74, 6) is 0.485. The Kier molecular flexibility index (Phi) is 5.40. The molecule has 0 spiro atoms. The summed E-state index contributed by atoms with van der Waals surface area (Å²) in [4.78, 5) is 21.8. The molecule has 2 aromatic carbocycles. The van der Waals surface area contributed by atoms with Crippen molar-refractivity contribution in [3.8, 4) is 0 Å². The Morgan fingerprint density at radius 3 is 2.77 bits per heavy atom. The summed E-state index contributed by atoms with van der Waals surface area (Å²) in [5.41, 5.74) is 2.64. The van der Waals surface area contributed by atoms with Crippen molar-refractivity contribution in [1.29, 1.82) is 0 Å². The van der Waals surface area contributed by atoms with Crippen LogP contribution in [0, 0.1) is 0 Å². The molecule has 0 unspecified atom stereocenters. The minimum absolute atomic E-state index is 0.162. The van der Waals surface area contributed by atoms with E-state index in [0.717, 1.165) is 26.4 Å². The number of nitrogens with one attached hydrogen (secondary N) is 2. The number of methoxy groups -OCH3 is 1. The second-order valence-electron chi connectivity index (χ2n) is 7.60. The van der Waals surface area contributed by atoms with Crippen LogP contribution in [0.5, 0.6) is 0 Å². The maximum Gasteiger partial charge on any atom is 0.251 e. The highest BCUT2D eigenvalue weighted by Gasteiger charge is 2.19. The molecule has 0 aliphatic heterocycles. The molecule has 156 valence electrons. The van der Waals surface area contributed by atoms with Crippen molar-refractivity contribution in [3.05, 3.63) is 47.0 Å². The molecule has 7 nitrogen and oxygen atoms in total. The van der Waals surface area contributed by atoms with Crippen molar-refractivity contribution in [2.45, 2.75) is 19.4 Å². The third-order valence-electron chi connectivity index (χ3n) is 4.94. The molecule has 0 aliphatic carbocycles. The van der Waals surface area contributed by atoms with Gasteiger partial charge in [-0.1, -0.05) is 22.9 Å². The van der Waals surface area contributed by atoms with Crippen LogP contribution in [0.1, 0.15) is 24.2 Å². The van der Waals surface area contributed by atoms with E-state index < -0.39 is 5.60 Å². The zero-order valence-corrected chi connectivity index (χ0v) is 18.7. The zero-order valence-electron chi connectivity index (χ0n) is 17.1. The number of thiazole rings is 1. The Balaban J connectivity index is 1.57. The van der Waals surface area contributed by atoms with Gasteiger partial charge in [-0.25, -0.2) is 9.97 Å². The third kappa shape index (κ3) is 4.12. The van der Waals surface area contributed by atoms with Crippen LogP contribution >= 0.6 is 22.9 Å². The number of fused-ring (bicyclic) bond motifs is 2. The van der Waals surface area contributed by atoms with E-state index in [1.807, 2.05) is 49.7 Å². The predicted octanol–water partition coefficient (Wildman–Crippen LogP) is 4.73. The Labute approximate surface area is 183 Å². The molecule has 0 saturated heterocycles. The van der Waals surface area contributed by atoms with Gasteiger partial charge in [-0.3, -0.25) is 4.79 Å². The van der Waals surface area contributed by atoms with E-state index in [0.29, 0.717) is 23.1 Å². The maximum absolute atomic E-state index is 12.5. The number of amides is 1. The van der Waals surface area contributed by atoms with Crippen molar-refractivity contribution in [1.82, 2.24) is 19.9 Å². The molecule has 0 radical (unpaired) electrons. The number of aryl methyl sites for hydroxylation is 1. The van der Waals surface area contributed by atoms with Gasteiger partial charge in [0.2, 0.25) is 5.95 Å². The molecule has 0 atom stereocenters. The Hall–Kier alpha value is -2.68. The number of carbonyl (C=O) groups is 1. The van der Waals surface area contributed by atoms with Gasteiger partial charge in [0.25, 0.3) is 5.91 Å². The molecule has 2 heterocycles. The molecule has 2 aromatic heterocycles. The normalized spacial score (nSPS) is 11.9. The van der Waals surface area contributed by atoms with Crippen LogP contribution in [-0.4, -0.2) is 39.7 Å². The van der Waals surface area contributed by atoms with Crippen LogP contribution in [-0.2, 0) is 11.8 Å². The van der Waals surface area contributed by atoms with E-state index >= 15 is 0 Å².